The molecule has 2 aromatic heterocycles. The second kappa shape index (κ2) is 9.81. The molecule has 0 unspecified atom stereocenters. The van der Waals surface area contributed by atoms with Crippen molar-refractivity contribution in [3.8, 4) is 0 Å². The minimum absolute atomic E-state index is 0.0180. The largest absolute Gasteiger partial charge is 0.356 e. The number of halogens is 1. The van der Waals surface area contributed by atoms with Crippen molar-refractivity contribution >= 4 is 27.5 Å². The first-order valence-electron chi connectivity index (χ1n) is 11.2. The first kappa shape index (κ1) is 22.5. The average Bonchev–Trinajstić information content (AvgIpc) is 3.29. The lowest BCUT2D eigenvalue weighted by Gasteiger charge is -2.28. The van der Waals surface area contributed by atoms with E-state index in [1.54, 1.807) is 22.8 Å². The number of aromatic nitrogens is 2. The number of carbonyl (C=O) groups excluding carboxylic acids is 1. The Hall–Kier alpha value is -2.74. The number of benzene rings is 1. The van der Waals surface area contributed by atoms with Crippen LogP contribution in [0.4, 0.5) is 4.39 Å². The SMILES string of the molecule is CCCNC(=O)C1CCC(Cn2c(=O)c3sccc3n(Cc3ccc(F)cc3)c2=O)CC1. The van der Waals surface area contributed by atoms with Gasteiger partial charge in [0, 0.05) is 19.0 Å². The molecule has 1 fully saturated rings. The van der Waals surface area contributed by atoms with Gasteiger partial charge in [0.2, 0.25) is 5.91 Å². The molecule has 0 bridgehead atoms. The summed E-state index contributed by atoms with van der Waals surface area (Å²) in [6.45, 7) is 3.36. The van der Waals surface area contributed by atoms with Gasteiger partial charge >= 0.3 is 5.69 Å². The number of nitrogens with zero attached hydrogens (tertiary/aromatic N) is 2. The van der Waals surface area contributed by atoms with Crippen molar-refractivity contribution in [3.63, 3.8) is 0 Å². The topological polar surface area (TPSA) is 73.1 Å². The van der Waals surface area contributed by atoms with Gasteiger partial charge in [0.25, 0.3) is 5.56 Å². The molecule has 1 N–H and O–H groups in total. The number of fused-ring (bicyclic) bond motifs is 1. The monoisotopic (exact) mass is 457 g/mol. The zero-order valence-corrected chi connectivity index (χ0v) is 19.0. The Labute approximate surface area is 189 Å². The van der Waals surface area contributed by atoms with E-state index in [4.69, 9.17) is 0 Å². The highest BCUT2D eigenvalue weighted by molar-refractivity contribution is 7.17. The summed E-state index contributed by atoms with van der Waals surface area (Å²) in [5, 5.41) is 4.78. The number of thiophene rings is 1. The fraction of sp³-hybridized carbons (Fsp3) is 0.458. The highest BCUT2D eigenvalue weighted by Crippen LogP contribution is 2.30. The molecular weight excluding hydrogens is 429 g/mol. The minimum Gasteiger partial charge on any atom is -0.356 e. The van der Waals surface area contributed by atoms with Crippen LogP contribution in [-0.2, 0) is 17.9 Å². The molecule has 8 heteroatoms. The smallest absolute Gasteiger partial charge is 0.331 e. The summed E-state index contributed by atoms with van der Waals surface area (Å²) in [5.41, 5.74) is 0.817. The minimum atomic E-state index is -0.340. The second-order valence-corrected chi connectivity index (χ2v) is 9.47. The Morgan fingerprint density at radius 3 is 2.50 bits per heavy atom. The molecule has 170 valence electrons. The highest BCUT2D eigenvalue weighted by Gasteiger charge is 2.27. The summed E-state index contributed by atoms with van der Waals surface area (Å²) < 4.78 is 16.8. The number of carbonyl (C=O) groups is 1. The molecule has 32 heavy (non-hydrogen) atoms. The van der Waals surface area contributed by atoms with Gasteiger partial charge in [-0.25, -0.2) is 9.18 Å². The predicted molar refractivity (Wildman–Crippen MR) is 125 cm³/mol. The second-order valence-electron chi connectivity index (χ2n) is 8.55. The van der Waals surface area contributed by atoms with Gasteiger partial charge in [0.05, 0.1) is 12.1 Å². The molecule has 0 radical (unpaired) electrons. The van der Waals surface area contributed by atoms with Crippen LogP contribution in [0, 0.1) is 17.7 Å². The molecule has 4 rings (SSSR count). The highest BCUT2D eigenvalue weighted by atomic mass is 32.1. The molecular formula is C24H28FN3O3S. The quantitative estimate of drug-likeness (QED) is 0.587. The first-order valence-corrected chi connectivity index (χ1v) is 12.1. The van der Waals surface area contributed by atoms with Crippen LogP contribution < -0.4 is 16.6 Å². The number of nitrogens with one attached hydrogen (secondary N) is 1. The van der Waals surface area contributed by atoms with Crippen LogP contribution in [0.25, 0.3) is 10.2 Å². The molecule has 1 amide bonds. The average molecular weight is 458 g/mol. The van der Waals surface area contributed by atoms with Gasteiger partial charge in [-0.15, -0.1) is 11.3 Å². The number of hydrogen-bond acceptors (Lipinski definition) is 4. The van der Waals surface area contributed by atoms with E-state index in [1.165, 1.54) is 28.0 Å². The van der Waals surface area contributed by atoms with Gasteiger partial charge in [0.15, 0.2) is 0 Å². The van der Waals surface area contributed by atoms with Crippen LogP contribution in [-0.4, -0.2) is 21.6 Å². The zero-order chi connectivity index (χ0) is 22.7. The molecule has 0 saturated heterocycles. The fourth-order valence-corrected chi connectivity index (χ4v) is 5.32. The molecule has 6 nitrogen and oxygen atoms in total. The molecule has 1 aromatic carbocycles. The normalized spacial score (nSPS) is 18.7. The maximum absolute atomic E-state index is 13.3. The Morgan fingerprint density at radius 1 is 1.09 bits per heavy atom. The van der Waals surface area contributed by atoms with Crippen LogP contribution in [0.1, 0.15) is 44.6 Å². The molecule has 1 aliphatic carbocycles. The maximum Gasteiger partial charge on any atom is 0.331 e. The Morgan fingerprint density at radius 2 is 1.81 bits per heavy atom. The standard InChI is InChI=1S/C24H28FN3O3S/c1-2-12-26-22(29)18-7-3-16(4-8-18)15-28-23(30)21-20(11-13-32-21)27(24(28)31)14-17-5-9-19(25)10-6-17/h5-6,9-11,13,16,18H,2-4,7-8,12,14-15H2,1H3,(H,26,29). The van der Waals surface area contributed by atoms with Crippen molar-refractivity contribution in [1.82, 2.24) is 14.5 Å². The van der Waals surface area contributed by atoms with E-state index in [-0.39, 0.29) is 41.4 Å². The van der Waals surface area contributed by atoms with Gasteiger partial charge in [-0.05, 0) is 67.2 Å². The van der Waals surface area contributed by atoms with E-state index in [0.717, 1.165) is 37.7 Å². The van der Waals surface area contributed by atoms with Crippen molar-refractivity contribution in [2.75, 3.05) is 6.54 Å². The number of hydrogen-bond donors (Lipinski definition) is 1. The van der Waals surface area contributed by atoms with Gasteiger partial charge in [-0.1, -0.05) is 19.1 Å². The maximum atomic E-state index is 13.3. The summed E-state index contributed by atoms with van der Waals surface area (Å²) in [7, 11) is 0. The Balaban J connectivity index is 1.56. The van der Waals surface area contributed by atoms with Crippen LogP contribution in [0.3, 0.4) is 0 Å². The molecule has 2 heterocycles. The molecule has 0 spiro atoms. The summed E-state index contributed by atoms with van der Waals surface area (Å²) in [6.07, 6.45) is 4.10. The third-order valence-corrected chi connectivity index (χ3v) is 7.19. The Bertz CT molecular complexity index is 1200. The van der Waals surface area contributed by atoms with Gasteiger partial charge in [-0.3, -0.25) is 18.7 Å². The van der Waals surface area contributed by atoms with E-state index >= 15 is 0 Å². The van der Waals surface area contributed by atoms with Crippen molar-refractivity contribution < 1.29 is 9.18 Å². The van der Waals surface area contributed by atoms with Gasteiger partial charge in [-0.2, -0.15) is 0 Å². The van der Waals surface area contributed by atoms with E-state index in [1.807, 2.05) is 12.3 Å². The van der Waals surface area contributed by atoms with Crippen molar-refractivity contribution in [1.29, 1.82) is 0 Å². The molecule has 0 atom stereocenters. The van der Waals surface area contributed by atoms with Crippen LogP contribution in [0.15, 0.2) is 45.3 Å². The summed E-state index contributed by atoms with van der Waals surface area (Å²) in [6, 6.07) is 7.84. The molecule has 1 aliphatic rings. The van der Waals surface area contributed by atoms with E-state index in [9.17, 15) is 18.8 Å². The molecule has 3 aromatic rings. The van der Waals surface area contributed by atoms with E-state index in [0.29, 0.717) is 23.3 Å². The predicted octanol–water partition coefficient (Wildman–Crippen LogP) is 3.74. The lowest BCUT2D eigenvalue weighted by Crippen LogP contribution is -2.42. The van der Waals surface area contributed by atoms with E-state index < -0.39 is 0 Å². The number of rotatable bonds is 7. The van der Waals surface area contributed by atoms with Gasteiger partial charge in [0.1, 0.15) is 10.5 Å². The molecule has 1 saturated carbocycles. The lowest BCUT2D eigenvalue weighted by molar-refractivity contribution is -0.126. The third-order valence-electron chi connectivity index (χ3n) is 6.30. The van der Waals surface area contributed by atoms with Gasteiger partial charge < -0.3 is 5.32 Å². The summed E-state index contributed by atoms with van der Waals surface area (Å²) in [5.74, 6) is -0.00779. The van der Waals surface area contributed by atoms with Crippen LogP contribution in [0.5, 0.6) is 0 Å². The number of amides is 1. The van der Waals surface area contributed by atoms with Crippen molar-refractivity contribution in [3.05, 3.63) is 67.9 Å². The zero-order valence-electron chi connectivity index (χ0n) is 18.2. The molecule has 0 aliphatic heterocycles. The summed E-state index contributed by atoms with van der Waals surface area (Å²) in [4.78, 5) is 38.6. The van der Waals surface area contributed by atoms with Crippen molar-refractivity contribution in [2.45, 2.75) is 52.1 Å². The van der Waals surface area contributed by atoms with Crippen LogP contribution >= 0.6 is 11.3 Å². The third kappa shape index (κ3) is 4.70. The fourth-order valence-electron chi connectivity index (χ4n) is 4.48. The first-order chi connectivity index (χ1) is 15.5. The lowest BCUT2D eigenvalue weighted by atomic mass is 9.81. The van der Waals surface area contributed by atoms with E-state index in [2.05, 4.69) is 5.32 Å². The Kier molecular flexibility index (Phi) is 6.89. The van der Waals surface area contributed by atoms with Crippen molar-refractivity contribution in [2.24, 2.45) is 11.8 Å². The van der Waals surface area contributed by atoms with Crippen LogP contribution in [0.2, 0.25) is 0 Å². The summed E-state index contributed by atoms with van der Waals surface area (Å²) >= 11 is 1.33.